The Balaban J connectivity index is 1.28. The van der Waals surface area contributed by atoms with E-state index in [0.29, 0.717) is 24.5 Å². The van der Waals surface area contributed by atoms with Gasteiger partial charge in [-0.2, -0.15) is 0 Å². The van der Waals surface area contributed by atoms with Crippen molar-refractivity contribution in [1.82, 2.24) is 15.2 Å². The van der Waals surface area contributed by atoms with E-state index in [0.717, 1.165) is 22.4 Å². The molecule has 2 heterocycles. The first-order chi connectivity index (χ1) is 15.0. The van der Waals surface area contributed by atoms with E-state index in [-0.39, 0.29) is 6.54 Å². The minimum absolute atomic E-state index is 0.116. The van der Waals surface area contributed by atoms with Crippen molar-refractivity contribution in [3.05, 3.63) is 87.4 Å². The molecule has 0 spiro atoms. The average molecular weight is 438 g/mol. The molecular formula is C23H23N3O4S. The van der Waals surface area contributed by atoms with Gasteiger partial charge in [-0.15, -0.1) is 11.3 Å². The first-order valence-corrected chi connectivity index (χ1v) is 10.9. The van der Waals surface area contributed by atoms with Gasteiger partial charge < -0.3 is 20.4 Å². The lowest BCUT2D eigenvalue weighted by Crippen LogP contribution is -2.49. The molecule has 0 saturated heterocycles. The lowest BCUT2D eigenvalue weighted by atomic mass is 10.1. The van der Waals surface area contributed by atoms with E-state index in [1.807, 2.05) is 60.0 Å². The van der Waals surface area contributed by atoms with Gasteiger partial charge in [-0.05, 0) is 16.7 Å². The highest BCUT2D eigenvalue weighted by Gasteiger charge is 2.35. The smallest absolute Gasteiger partial charge is 0.255 e. The van der Waals surface area contributed by atoms with Crippen molar-refractivity contribution in [1.29, 1.82) is 0 Å². The summed E-state index contributed by atoms with van der Waals surface area (Å²) in [5, 5.41) is 25.6. The van der Waals surface area contributed by atoms with E-state index < -0.39 is 24.0 Å². The van der Waals surface area contributed by atoms with Crippen LogP contribution in [0.25, 0.3) is 0 Å². The third-order valence-corrected chi connectivity index (χ3v) is 6.11. The third-order valence-electron chi connectivity index (χ3n) is 5.21. The Labute approximate surface area is 184 Å². The number of rotatable bonds is 7. The van der Waals surface area contributed by atoms with Crippen molar-refractivity contribution in [2.75, 3.05) is 0 Å². The van der Waals surface area contributed by atoms with Crippen LogP contribution in [0.5, 0.6) is 0 Å². The summed E-state index contributed by atoms with van der Waals surface area (Å²) in [6, 6.07) is 17.5. The maximum absolute atomic E-state index is 12.5. The molecule has 0 saturated carbocycles. The van der Waals surface area contributed by atoms with Gasteiger partial charge in [-0.25, -0.2) is 4.98 Å². The lowest BCUT2D eigenvalue weighted by molar-refractivity contribution is -0.153. The zero-order valence-corrected chi connectivity index (χ0v) is 17.6. The molecule has 1 aliphatic rings. The molecule has 2 amide bonds. The molecule has 2 aromatic carbocycles. The fourth-order valence-electron chi connectivity index (χ4n) is 3.54. The number of aromatic nitrogens is 1. The molecule has 31 heavy (non-hydrogen) atoms. The number of hydrogen-bond acceptors (Lipinski definition) is 6. The predicted octanol–water partition coefficient (Wildman–Crippen LogP) is 1.61. The summed E-state index contributed by atoms with van der Waals surface area (Å²) in [6.45, 7) is 0.818. The number of nitrogens with zero attached hydrogens (tertiary/aromatic N) is 2. The van der Waals surface area contributed by atoms with E-state index in [4.69, 9.17) is 0 Å². The molecule has 0 radical (unpaired) electrons. The van der Waals surface area contributed by atoms with E-state index in [1.165, 1.54) is 16.2 Å². The van der Waals surface area contributed by atoms with Gasteiger partial charge in [0.25, 0.3) is 11.8 Å². The second-order valence-corrected chi connectivity index (χ2v) is 8.41. The molecule has 1 aliphatic heterocycles. The molecule has 3 N–H and O–H groups in total. The maximum Gasteiger partial charge on any atom is 0.255 e. The lowest BCUT2D eigenvalue weighted by Gasteiger charge is -2.22. The van der Waals surface area contributed by atoms with Crippen molar-refractivity contribution in [3.8, 4) is 0 Å². The van der Waals surface area contributed by atoms with Crippen molar-refractivity contribution < 1.29 is 19.8 Å². The van der Waals surface area contributed by atoms with Gasteiger partial charge in [0, 0.05) is 24.9 Å². The van der Waals surface area contributed by atoms with Crippen LogP contribution in [0.15, 0.2) is 60.0 Å². The van der Waals surface area contributed by atoms with Gasteiger partial charge in [-0.3, -0.25) is 9.59 Å². The standard InChI is InChI=1S/C23H23N3O4S/c27-20(21(28)23(30)26-12-16-8-4-5-9-17(16)13-26)22(29)24-11-19-25-18(14-31-19)10-15-6-2-1-3-7-15/h1-9,14,20-21,27-28H,10-13H2,(H,24,29)/t20-,21-/m1/s1. The first-order valence-electron chi connectivity index (χ1n) is 9.98. The highest BCUT2D eigenvalue weighted by atomic mass is 32.1. The number of hydrogen-bond donors (Lipinski definition) is 3. The van der Waals surface area contributed by atoms with Crippen molar-refractivity contribution >= 4 is 23.2 Å². The number of carbonyl (C=O) groups is 2. The highest BCUT2D eigenvalue weighted by molar-refractivity contribution is 7.09. The molecule has 8 heteroatoms. The molecule has 160 valence electrons. The number of benzene rings is 2. The summed E-state index contributed by atoms with van der Waals surface area (Å²) in [4.78, 5) is 30.7. The highest BCUT2D eigenvalue weighted by Crippen LogP contribution is 2.23. The van der Waals surface area contributed by atoms with Crippen molar-refractivity contribution in [3.63, 3.8) is 0 Å². The zero-order chi connectivity index (χ0) is 21.8. The number of carbonyl (C=O) groups excluding carboxylic acids is 2. The Kier molecular flexibility index (Phi) is 6.41. The summed E-state index contributed by atoms with van der Waals surface area (Å²) in [7, 11) is 0. The van der Waals surface area contributed by atoms with Crippen LogP contribution in [-0.2, 0) is 35.6 Å². The summed E-state index contributed by atoms with van der Waals surface area (Å²) < 4.78 is 0. The average Bonchev–Trinajstić information content (AvgIpc) is 3.43. The van der Waals surface area contributed by atoms with Crippen LogP contribution in [0.2, 0.25) is 0 Å². The normalized spacial score (nSPS) is 14.7. The Morgan fingerprint density at radius 3 is 2.32 bits per heavy atom. The fraction of sp³-hybridized carbons (Fsp3) is 0.261. The van der Waals surface area contributed by atoms with Gasteiger partial charge in [0.2, 0.25) is 0 Å². The molecular weight excluding hydrogens is 414 g/mol. The quantitative estimate of drug-likeness (QED) is 0.521. The Hall–Kier alpha value is -3.07. The maximum atomic E-state index is 12.5. The number of thiazole rings is 1. The number of aliphatic hydroxyl groups is 2. The zero-order valence-electron chi connectivity index (χ0n) is 16.8. The minimum atomic E-state index is -1.85. The summed E-state index contributed by atoms with van der Waals surface area (Å²) >= 11 is 1.41. The molecule has 0 unspecified atom stereocenters. The van der Waals surface area contributed by atoms with Crippen LogP contribution < -0.4 is 5.32 Å². The second kappa shape index (κ2) is 9.38. The number of fused-ring (bicyclic) bond motifs is 1. The van der Waals surface area contributed by atoms with Gasteiger partial charge in [-0.1, -0.05) is 54.6 Å². The van der Waals surface area contributed by atoms with E-state index >= 15 is 0 Å². The minimum Gasteiger partial charge on any atom is -0.380 e. The molecule has 0 aliphatic carbocycles. The number of aliphatic hydroxyl groups excluding tert-OH is 2. The van der Waals surface area contributed by atoms with Gasteiger partial charge in [0.05, 0.1) is 12.2 Å². The fourth-order valence-corrected chi connectivity index (χ4v) is 4.27. The van der Waals surface area contributed by atoms with Crippen molar-refractivity contribution in [2.45, 2.75) is 38.3 Å². The second-order valence-electron chi connectivity index (χ2n) is 7.47. The van der Waals surface area contributed by atoms with Crippen LogP contribution in [-0.4, -0.2) is 44.1 Å². The van der Waals surface area contributed by atoms with Gasteiger partial charge in [0.1, 0.15) is 5.01 Å². The Morgan fingerprint density at radius 2 is 1.65 bits per heavy atom. The van der Waals surface area contributed by atoms with Crippen LogP contribution in [0.4, 0.5) is 0 Å². The third kappa shape index (κ3) is 4.99. The predicted molar refractivity (Wildman–Crippen MR) is 116 cm³/mol. The van der Waals surface area contributed by atoms with Crippen LogP contribution >= 0.6 is 11.3 Å². The molecule has 0 fully saturated rings. The SMILES string of the molecule is O=C(NCc1nc(Cc2ccccc2)cs1)[C@H](O)[C@@H](O)C(=O)N1Cc2ccccc2C1. The molecule has 0 bridgehead atoms. The van der Waals surface area contributed by atoms with Gasteiger partial charge >= 0.3 is 0 Å². The topological polar surface area (TPSA) is 103 Å². The van der Waals surface area contributed by atoms with Crippen LogP contribution in [0.3, 0.4) is 0 Å². The Bertz CT molecular complexity index is 1040. The summed E-state index contributed by atoms with van der Waals surface area (Å²) in [6.07, 6.45) is -2.97. The van der Waals surface area contributed by atoms with Crippen LogP contribution in [0.1, 0.15) is 27.4 Å². The van der Waals surface area contributed by atoms with Crippen molar-refractivity contribution in [2.24, 2.45) is 0 Å². The molecule has 7 nitrogen and oxygen atoms in total. The van der Waals surface area contributed by atoms with E-state index in [2.05, 4.69) is 10.3 Å². The number of nitrogens with one attached hydrogen (secondary N) is 1. The molecule has 1 aromatic heterocycles. The summed E-state index contributed by atoms with van der Waals surface area (Å²) in [5.41, 5.74) is 4.03. The largest absolute Gasteiger partial charge is 0.380 e. The Morgan fingerprint density at radius 1 is 1.00 bits per heavy atom. The summed E-state index contributed by atoms with van der Waals surface area (Å²) in [5.74, 6) is -1.48. The molecule has 2 atom stereocenters. The number of amides is 2. The van der Waals surface area contributed by atoms with Crippen LogP contribution in [0, 0.1) is 0 Å². The molecule has 3 aromatic rings. The molecule has 4 rings (SSSR count). The van der Waals surface area contributed by atoms with E-state index in [9.17, 15) is 19.8 Å². The monoisotopic (exact) mass is 437 g/mol. The van der Waals surface area contributed by atoms with E-state index in [1.54, 1.807) is 0 Å². The van der Waals surface area contributed by atoms with Gasteiger partial charge in [0.15, 0.2) is 12.2 Å². The first kappa shape index (κ1) is 21.2.